The first-order valence-corrected chi connectivity index (χ1v) is 5.86. The lowest BCUT2D eigenvalue weighted by Gasteiger charge is -2.18. The average molecular weight is 247 g/mol. The highest BCUT2D eigenvalue weighted by atomic mass is 19.1. The molecule has 94 valence electrons. The number of carbonyl (C=O) groups is 1. The van der Waals surface area contributed by atoms with Gasteiger partial charge < -0.3 is 5.32 Å². The van der Waals surface area contributed by atoms with Gasteiger partial charge in [0.25, 0.3) is 0 Å². The van der Waals surface area contributed by atoms with Gasteiger partial charge in [-0.3, -0.25) is 9.69 Å². The molecule has 1 aromatic rings. The van der Waals surface area contributed by atoms with Crippen molar-refractivity contribution in [1.82, 2.24) is 10.2 Å². The van der Waals surface area contributed by atoms with Crippen LogP contribution in [0.3, 0.4) is 0 Å². The van der Waals surface area contributed by atoms with Crippen LogP contribution in [0.1, 0.15) is 17.5 Å². The van der Waals surface area contributed by atoms with E-state index in [1.54, 1.807) is 12.1 Å². The van der Waals surface area contributed by atoms with Crippen LogP contribution < -0.4 is 5.32 Å². The van der Waals surface area contributed by atoms with Crippen LogP contribution in [0.4, 0.5) is 4.39 Å². The predicted octanol–water partition coefficient (Wildman–Crippen LogP) is 1.02. The molecular weight excluding hydrogens is 233 g/mol. The van der Waals surface area contributed by atoms with Crippen molar-refractivity contribution in [2.45, 2.75) is 13.0 Å². The van der Waals surface area contributed by atoms with E-state index in [0.29, 0.717) is 26.1 Å². The summed E-state index contributed by atoms with van der Waals surface area (Å²) in [5.74, 6) is -0.428. The Labute approximate surface area is 105 Å². The summed E-state index contributed by atoms with van der Waals surface area (Å²) in [5, 5.41) is 11.6. The zero-order valence-electron chi connectivity index (χ0n) is 9.95. The van der Waals surface area contributed by atoms with Gasteiger partial charge >= 0.3 is 0 Å². The van der Waals surface area contributed by atoms with Gasteiger partial charge in [-0.2, -0.15) is 5.26 Å². The van der Waals surface area contributed by atoms with Gasteiger partial charge in [0.05, 0.1) is 5.56 Å². The molecule has 18 heavy (non-hydrogen) atoms. The minimum atomic E-state index is -0.492. The van der Waals surface area contributed by atoms with Crippen molar-refractivity contribution in [2.24, 2.45) is 0 Å². The number of rotatable bonds is 2. The molecule has 5 heteroatoms. The fourth-order valence-electron chi connectivity index (χ4n) is 1.99. The molecule has 0 atom stereocenters. The highest BCUT2D eigenvalue weighted by Gasteiger charge is 2.14. The first-order chi connectivity index (χ1) is 8.69. The number of nitriles is 1. The maximum atomic E-state index is 13.2. The van der Waals surface area contributed by atoms with Crippen LogP contribution >= 0.6 is 0 Å². The summed E-state index contributed by atoms with van der Waals surface area (Å²) >= 11 is 0. The molecule has 2 rings (SSSR count). The Morgan fingerprint density at radius 2 is 2.28 bits per heavy atom. The smallest absolute Gasteiger partial charge is 0.221 e. The number of nitrogens with one attached hydrogen (secondary N) is 1. The van der Waals surface area contributed by atoms with E-state index >= 15 is 0 Å². The van der Waals surface area contributed by atoms with E-state index < -0.39 is 5.82 Å². The minimum absolute atomic E-state index is 0.0642. The summed E-state index contributed by atoms with van der Waals surface area (Å²) in [6.45, 7) is 2.71. The Bertz CT molecular complexity index is 495. The molecule has 0 spiro atoms. The number of halogens is 1. The van der Waals surface area contributed by atoms with E-state index in [1.165, 1.54) is 6.07 Å². The second kappa shape index (κ2) is 5.61. The lowest BCUT2D eigenvalue weighted by Crippen LogP contribution is -2.28. The fraction of sp³-hybridized carbons (Fsp3) is 0.385. The Hall–Kier alpha value is -1.93. The van der Waals surface area contributed by atoms with E-state index in [9.17, 15) is 9.18 Å². The third-order valence-electron chi connectivity index (χ3n) is 2.96. The predicted molar refractivity (Wildman–Crippen MR) is 64.0 cm³/mol. The molecule has 1 heterocycles. The Kier molecular flexibility index (Phi) is 3.90. The van der Waals surface area contributed by atoms with Crippen molar-refractivity contribution in [3.05, 3.63) is 35.1 Å². The van der Waals surface area contributed by atoms with Crippen molar-refractivity contribution >= 4 is 5.91 Å². The maximum absolute atomic E-state index is 13.2. The summed E-state index contributed by atoms with van der Waals surface area (Å²) in [4.78, 5) is 13.3. The molecule has 0 saturated carbocycles. The van der Waals surface area contributed by atoms with Crippen molar-refractivity contribution in [1.29, 1.82) is 5.26 Å². The Balaban J connectivity index is 2.05. The number of carbonyl (C=O) groups excluding carboxylic acids is 1. The van der Waals surface area contributed by atoms with Crippen LogP contribution in [0, 0.1) is 17.1 Å². The van der Waals surface area contributed by atoms with Gasteiger partial charge in [0.2, 0.25) is 5.91 Å². The SMILES string of the molecule is N#Cc1cc(CN2CCNC(=O)CC2)ccc1F. The largest absolute Gasteiger partial charge is 0.355 e. The first-order valence-electron chi connectivity index (χ1n) is 5.86. The quantitative estimate of drug-likeness (QED) is 0.849. The number of benzene rings is 1. The van der Waals surface area contributed by atoms with Gasteiger partial charge in [0, 0.05) is 32.6 Å². The summed E-state index contributed by atoms with van der Waals surface area (Å²) in [6.07, 6.45) is 0.478. The van der Waals surface area contributed by atoms with Gasteiger partial charge in [-0.25, -0.2) is 4.39 Å². The molecule has 1 aromatic carbocycles. The number of amides is 1. The van der Waals surface area contributed by atoms with Crippen LogP contribution in [0.25, 0.3) is 0 Å². The number of hydrogen-bond donors (Lipinski definition) is 1. The van der Waals surface area contributed by atoms with Crippen molar-refractivity contribution in [3.8, 4) is 6.07 Å². The molecule has 0 unspecified atom stereocenters. The Morgan fingerprint density at radius 1 is 1.44 bits per heavy atom. The zero-order valence-corrected chi connectivity index (χ0v) is 9.95. The van der Waals surface area contributed by atoms with E-state index in [1.807, 2.05) is 6.07 Å². The lowest BCUT2D eigenvalue weighted by atomic mass is 10.1. The second-order valence-corrected chi connectivity index (χ2v) is 4.30. The number of hydrogen-bond acceptors (Lipinski definition) is 3. The van der Waals surface area contributed by atoms with Crippen LogP contribution in [0.2, 0.25) is 0 Å². The minimum Gasteiger partial charge on any atom is -0.355 e. The molecule has 1 aliphatic rings. The summed E-state index contributed by atoms with van der Waals surface area (Å²) < 4.78 is 13.2. The average Bonchev–Trinajstić information content (AvgIpc) is 2.57. The van der Waals surface area contributed by atoms with Crippen molar-refractivity contribution in [3.63, 3.8) is 0 Å². The third kappa shape index (κ3) is 3.05. The van der Waals surface area contributed by atoms with Gasteiger partial charge in [-0.05, 0) is 17.7 Å². The van der Waals surface area contributed by atoms with Crippen LogP contribution in [0.15, 0.2) is 18.2 Å². The second-order valence-electron chi connectivity index (χ2n) is 4.30. The first kappa shape index (κ1) is 12.5. The molecule has 0 radical (unpaired) electrons. The molecule has 1 amide bonds. The zero-order chi connectivity index (χ0) is 13.0. The van der Waals surface area contributed by atoms with Gasteiger partial charge in [0.1, 0.15) is 11.9 Å². The highest BCUT2D eigenvalue weighted by molar-refractivity contribution is 5.76. The van der Waals surface area contributed by atoms with E-state index in [4.69, 9.17) is 5.26 Å². The fourth-order valence-corrected chi connectivity index (χ4v) is 1.99. The topological polar surface area (TPSA) is 56.1 Å². The molecule has 0 bridgehead atoms. The van der Waals surface area contributed by atoms with E-state index in [-0.39, 0.29) is 11.5 Å². The molecular formula is C13H14FN3O. The van der Waals surface area contributed by atoms with Gasteiger partial charge in [-0.15, -0.1) is 0 Å². The van der Waals surface area contributed by atoms with Crippen LogP contribution in [-0.2, 0) is 11.3 Å². The molecule has 0 aromatic heterocycles. The molecule has 1 N–H and O–H groups in total. The number of nitrogens with zero attached hydrogens (tertiary/aromatic N) is 2. The molecule has 4 nitrogen and oxygen atoms in total. The maximum Gasteiger partial charge on any atom is 0.221 e. The van der Waals surface area contributed by atoms with Gasteiger partial charge in [0.15, 0.2) is 0 Å². The summed E-state index contributed by atoms with van der Waals surface area (Å²) in [6, 6.07) is 6.39. The van der Waals surface area contributed by atoms with E-state index in [2.05, 4.69) is 10.2 Å². The van der Waals surface area contributed by atoms with Crippen molar-refractivity contribution < 1.29 is 9.18 Å². The molecule has 1 fully saturated rings. The molecule has 0 aliphatic carbocycles. The molecule has 1 aliphatic heterocycles. The van der Waals surface area contributed by atoms with E-state index in [0.717, 1.165) is 12.1 Å². The lowest BCUT2D eigenvalue weighted by molar-refractivity contribution is -0.120. The summed E-state index contributed by atoms with van der Waals surface area (Å²) in [7, 11) is 0. The standard InChI is InChI=1S/C13H14FN3O/c14-12-2-1-10(7-11(12)8-15)9-17-5-3-13(18)16-4-6-17/h1-2,7H,3-6,9H2,(H,16,18). The van der Waals surface area contributed by atoms with Crippen molar-refractivity contribution in [2.75, 3.05) is 19.6 Å². The van der Waals surface area contributed by atoms with Gasteiger partial charge in [-0.1, -0.05) is 6.07 Å². The highest BCUT2D eigenvalue weighted by Crippen LogP contribution is 2.12. The summed E-state index contributed by atoms with van der Waals surface area (Å²) in [5.41, 5.74) is 0.957. The normalized spacial score (nSPS) is 16.8. The monoisotopic (exact) mass is 247 g/mol. The van der Waals surface area contributed by atoms with Crippen LogP contribution in [0.5, 0.6) is 0 Å². The third-order valence-corrected chi connectivity index (χ3v) is 2.96. The van der Waals surface area contributed by atoms with Crippen LogP contribution in [-0.4, -0.2) is 30.4 Å². The Morgan fingerprint density at radius 3 is 3.06 bits per heavy atom. The molecule has 1 saturated heterocycles.